The highest BCUT2D eigenvalue weighted by Gasteiger charge is 2.13. The molecule has 0 saturated heterocycles. The summed E-state index contributed by atoms with van der Waals surface area (Å²) in [6.07, 6.45) is 0. The number of rotatable bonds is 4. The van der Waals surface area contributed by atoms with Gasteiger partial charge >= 0.3 is 0 Å². The molecule has 0 amide bonds. The van der Waals surface area contributed by atoms with Crippen molar-refractivity contribution < 1.29 is 5.11 Å². The van der Waals surface area contributed by atoms with E-state index >= 15 is 0 Å². The summed E-state index contributed by atoms with van der Waals surface area (Å²) in [6.45, 7) is 4.92. The van der Waals surface area contributed by atoms with Crippen LogP contribution >= 0.6 is 12.6 Å². The van der Waals surface area contributed by atoms with Crippen molar-refractivity contribution in [1.82, 2.24) is 5.32 Å². The second-order valence-electron chi connectivity index (χ2n) is 2.69. The van der Waals surface area contributed by atoms with Crippen molar-refractivity contribution in [3.63, 3.8) is 0 Å². The molecular formula is C6H15NOS. The molecule has 0 aromatic rings. The van der Waals surface area contributed by atoms with Gasteiger partial charge in [-0.1, -0.05) is 0 Å². The molecule has 2 nitrogen and oxygen atoms in total. The number of hydrogen-bond donors (Lipinski definition) is 3. The average Bonchev–Trinajstić information content (AvgIpc) is 1.84. The molecule has 0 radical (unpaired) electrons. The van der Waals surface area contributed by atoms with Crippen molar-refractivity contribution in [2.24, 2.45) is 0 Å². The van der Waals surface area contributed by atoms with Gasteiger partial charge in [-0.15, -0.1) is 0 Å². The van der Waals surface area contributed by atoms with Crippen molar-refractivity contribution in [3.8, 4) is 0 Å². The zero-order valence-electron chi connectivity index (χ0n) is 6.02. The lowest BCUT2D eigenvalue weighted by atomic mass is 10.1. The SMILES string of the molecule is CC(C)(CO)NCCS. The maximum absolute atomic E-state index is 8.73. The zero-order chi connectivity index (χ0) is 7.33. The van der Waals surface area contributed by atoms with Crippen LogP contribution in [0.15, 0.2) is 0 Å². The van der Waals surface area contributed by atoms with Crippen LogP contribution in [0.2, 0.25) is 0 Å². The van der Waals surface area contributed by atoms with E-state index in [-0.39, 0.29) is 12.1 Å². The Hall–Kier alpha value is 0.270. The van der Waals surface area contributed by atoms with Gasteiger partial charge in [-0.3, -0.25) is 0 Å². The Morgan fingerprint density at radius 3 is 2.44 bits per heavy atom. The molecule has 0 aliphatic heterocycles. The quantitative estimate of drug-likeness (QED) is 0.502. The average molecular weight is 149 g/mol. The molecule has 0 rings (SSSR count). The van der Waals surface area contributed by atoms with Crippen molar-refractivity contribution in [1.29, 1.82) is 0 Å². The molecule has 2 N–H and O–H groups in total. The van der Waals surface area contributed by atoms with Crippen LogP contribution in [-0.2, 0) is 0 Å². The monoisotopic (exact) mass is 149 g/mol. The maximum Gasteiger partial charge on any atom is 0.0607 e. The van der Waals surface area contributed by atoms with Gasteiger partial charge in [0.05, 0.1) is 6.61 Å². The molecule has 0 aliphatic rings. The first-order valence-electron chi connectivity index (χ1n) is 3.09. The summed E-state index contributed by atoms with van der Waals surface area (Å²) in [5, 5.41) is 11.9. The Kier molecular flexibility index (Phi) is 4.27. The number of aliphatic hydroxyl groups is 1. The first-order chi connectivity index (χ1) is 4.12. The number of nitrogens with one attached hydrogen (secondary N) is 1. The Labute approximate surface area is 62.1 Å². The molecule has 0 heterocycles. The lowest BCUT2D eigenvalue weighted by Gasteiger charge is -2.22. The lowest BCUT2D eigenvalue weighted by Crippen LogP contribution is -2.43. The summed E-state index contributed by atoms with van der Waals surface area (Å²) < 4.78 is 0. The lowest BCUT2D eigenvalue weighted by molar-refractivity contribution is 0.191. The highest BCUT2D eigenvalue weighted by molar-refractivity contribution is 7.80. The minimum Gasteiger partial charge on any atom is -0.394 e. The summed E-state index contributed by atoms with van der Waals surface area (Å²) >= 11 is 4.03. The van der Waals surface area contributed by atoms with Gasteiger partial charge in [0.15, 0.2) is 0 Å². The van der Waals surface area contributed by atoms with Gasteiger partial charge in [-0.05, 0) is 13.8 Å². The molecule has 0 aliphatic carbocycles. The van der Waals surface area contributed by atoms with E-state index in [0.717, 1.165) is 12.3 Å². The molecule has 0 bridgehead atoms. The predicted molar refractivity (Wildman–Crippen MR) is 43.0 cm³/mol. The van der Waals surface area contributed by atoms with Crippen LogP contribution < -0.4 is 5.32 Å². The fourth-order valence-corrected chi connectivity index (χ4v) is 0.562. The molecule has 0 saturated carbocycles. The smallest absolute Gasteiger partial charge is 0.0607 e. The second-order valence-corrected chi connectivity index (χ2v) is 3.14. The third kappa shape index (κ3) is 4.75. The number of hydrogen-bond acceptors (Lipinski definition) is 3. The molecule has 0 fully saturated rings. The molecule has 0 aromatic carbocycles. The fourth-order valence-electron chi connectivity index (χ4n) is 0.450. The molecular weight excluding hydrogens is 134 g/mol. The van der Waals surface area contributed by atoms with Gasteiger partial charge in [0.25, 0.3) is 0 Å². The van der Waals surface area contributed by atoms with E-state index in [2.05, 4.69) is 17.9 Å². The Balaban J connectivity index is 3.33. The molecule has 0 unspecified atom stereocenters. The zero-order valence-corrected chi connectivity index (χ0v) is 6.91. The van der Waals surface area contributed by atoms with E-state index in [0.29, 0.717) is 0 Å². The Bertz CT molecular complexity index is 75.5. The van der Waals surface area contributed by atoms with Gasteiger partial charge in [0.1, 0.15) is 0 Å². The minimum atomic E-state index is -0.150. The van der Waals surface area contributed by atoms with Crippen LogP contribution in [0.1, 0.15) is 13.8 Å². The van der Waals surface area contributed by atoms with Crippen molar-refractivity contribution in [2.45, 2.75) is 19.4 Å². The standard InChI is InChI=1S/C6H15NOS/c1-6(2,5-8)7-3-4-9/h7-9H,3-5H2,1-2H3. The Morgan fingerprint density at radius 1 is 1.56 bits per heavy atom. The maximum atomic E-state index is 8.73. The molecule has 0 atom stereocenters. The molecule has 9 heavy (non-hydrogen) atoms. The van der Waals surface area contributed by atoms with Crippen LogP contribution in [0.4, 0.5) is 0 Å². The molecule has 56 valence electrons. The van der Waals surface area contributed by atoms with Crippen molar-refractivity contribution in [2.75, 3.05) is 18.9 Å². The van der Waals surface area contributed by atoms with Crippen LogP contribution in [0.3, 0.4) is 0 Å². The van der Waals surface area contributed by atoms with Gasteiger partial charge in [0.2, 0.25) is 0 Å². The number of thiol groups is 1. The Morgan fingerprint density at radius 2 is 2.11 bits per heavy atom. The summed E-state index contributed by atoms with van der Waals surface area (Å²) in [5.41, 5.74) is -0.150. The molecule has 0 aromatic heterocycles. The first kappa shape index (κ1) is 9.27. The van der Waals surface area contributed by atoms with Gasteiger partial charge in [-0.25, -0.2) is 0 Å². The normalized spacial score (nSPS) is 12.0. The van der Waals surface area contributed by atoms with Crippen LogP contribution in [0, 0.1) is 0 Å². The summed E-state index contributed by atoms with van der Waals surface area (Å²) in [6, 6.07) is 0. The first-order valence-corrected chi connectivity index (χ1v) is 3.72. The van der Waals surface area contributed by atoms with E-state index in [1.807, 2.05) is 13.8 Å². The van der Waals surface area contributed by atoms with Crippen LogP contribution in [0.25, 0.3) is 0 Å². The number of aliphatic hydroxyl groups excluding tert-OH is 1. The third-order valence-corrected chi connectivity index (χ3v) is 1.33. The van der Waals surface area contributed by atoms with E-state index in [4.69, 9.17) is 5.11 Å². The third-order valence-electron chi connectivity index (χ3n) is 1.11. The molecule has 3 heteroatoms. The van der Waals surface area contributed by atoms with Gasteiger partial charge in [0, 0.05) is 17.8 Å². The van der Waals surface area contributed by atoms with E-state index in [1.165, 1.54) is 0 Å². The largest absolute Gasteiger partial charge is 0.394 e. The summed E-state index contributed by atoms with van der Waals surface area (Å²) in [7, 11) is 0. The van der Waals surface area contributed by atoms with Gasteiger partial charge < -0.3 is 10.4 Å². The van der Waals surface area contributed by atoms with Gasteiger partial charge in [-0.2, -0.15) is 12.6 Å². The minimum absolute atomic E-state index is 0.150. The van der Waals surface area contributed by atoms with Crippen molar-refractivity contribution >= 4 is 12.6 Å². The predicted octanol–water partition coefficient (Wildman–Crippen LogP) is 0.277. The summed E-state index contributed by atoms with van der Waals surface area (Å²) in [4.78, 5) is 0. The van der Waals surface area contributed by atoms with Crippen molar-refractivity contribution in [3.05, 3.63) is 0 Å². The highest BCUT2D eigenvalue weighted by atomic mass is 32.1. The van der Waals surface area contributed by atoms with Crippen LogP contribution in [0.5, 0.6) is 0 Å². The van der Waals surface area contributed by atoms with Crippen LogP contribution in [-0.4, -0.2) is 29.5 Å². The molecule has 0 spiro atoms. The second kappa shape index (κ2) is 4.14. The van der Waals surface area contributed by atoms with E-state index in [9.17, 15) is 0 Å². The highest BCUT2D eigenvalue weighted by Crippen LogP contribution is 1.97. The topological polar surface area (TPSA) is 32.3 Å². The fraction of sp³-hybridized carbons (Fsp3) is 1.00. The summed E-state index contributed by atoms with van der Waals surface area (Å²) in [5.74, 6) is 0.809. The van der Waals surface area contributed by atoms with E-state index in [1.54, 1.807) is 0 Å². The van der Waals surface area contributed by atoms with E-state index < -0.39 is 0 Å².